The molecule has 3 rings (SSSR count). The highest BCUT2D eigenvalue weighted by molar-refractivity contribution is 5.71. The maximum absolute atomic E-state index is 11.5. The van der Waals surface area contributed by atoms with Crippen LogP contribution in [0.25, 0.3) is 0 Å². The minimum atomic E-state index is -0.450. The summed E-state index contributed by atoms with van der Waals surface area (Å²) in [6, 6.07) is 0. The first-order valence-corrected chi connectivity index (χ1v) is 9.14. The van der Waals surface area contributed by atoms with Gasteiger partial charge in [0.1, 0.15) is 0 Å². The SMILES string of the molecule is CCN1CCN(c2nc(N)c([N+](=O)[O-])c(N3CCCCCC3)n2)CC1. The first kappa shape index (κ1) is 17.7. The molecule has 0 aromatic carbocycles. The van der Waals surface area contributed by atoms with E-state index in [0.717, 1.165) is 71.5 Å². The number of hydrogen-bond acceptors (Lipinski definition) is 8. The molecule has 0 spiro atoms. The summed E-state index contributed by atoms with van der Waals surface area (Å²) >= 11 is 0. The summed E-state index contributed by atoms with van der Waals surface area (Å²) in [6.07, 6.45) is 4.34. The van der Waals surface area contributed by atoms with Crippen LogP contribution in [0, 0.1) is 10.1 Å². The predicted octanol–water partition coefficient (Wildman–Crippen LogP) is 1.49. The zero-order chi connectivity index (χ0) is 17.8. The zero-order valence-corrected chi connectivity index (χ0v) is 14.9. The van der Waals surface area contributed by atoms with Gasteiger partial charge in [-0.05, 0) is 19.4 Å². The highest BCUT2D eigenvalue weighted by Crippen LogP contribution is 2.34. The fourth-order valence-electron chi connectivity index (χ4n) is 3.53. The number of piperazine rings is 1. The lowest BCUT2D eigenvalue weighted by atomic mass is 10.2. The van der Waals surface area contributed by atoms with Crippen LogP contribution in [0.4, 0.5) is 23.3 Å². The molecule has 3 heterocycles. The van der Waals surface area contributed by atoms with Crippen molar-refractivity contribution >= 4 is 23.3 Å². The Balaban J connectivity index is 1.91. The van der Waals surface area contributed by atoms with E-state index in [9.17, 15) is 10.1 Å². The number of aromatic nitrogens is 2. The van der Waals surface area contributed by atoms with Crippen molar-refractivity contribution in [2.45, 2.75) is 32.6 Å². The van der Waals surface area contributed by atoms with Crippen molar-refractivity contribution in [3.8, 4) is 0 Å². The lowest BCUT2D eigenvalue weighted by Crippen LogP contribution is -2.47. The fraction of sp³-hybridized carbons (Fsp3) is 0.750. The summed E-state index contributed by atoms with van der Waals surface area (Å²) in [4.78, 5) is 26.4. The summed E-state index contributed by atoms with van der Waals surface area (Å²) in [5, 5.41) is 11.5. The van der Waals surface area contributed by atoms with Crippen LogP contribution in [0.2, 0.25) is 0 Å². The Morgan fingerprint density at radius 1 is 1.00 bits per heavy atom. The average molecular weight is 349 g/mol. The van der Waals surface area contributed by atoms with E-state index in [1.807, 2.05) is 4.90 Å². The van der Waals surface area contributed by atoms with Gasteiger partial charge >= 0.3 is 5.69 Å². The van der Waals surface area contributed by atoms with Gasteiger partial charge in [-0.2, -0.15) is 9.97 Å². The summed E-state index contributed by atoms with van der Waals surface area (Å²) in [5.41, 5.74) is 5.82. The maximum atomic E-state index is 11.5. The molecule has 0 amide bonds. The van der Waals surface area contributed by atoms with E-state index in [1.54, 1.807) is 0 Å². The minimum Gasteiger partial charge on any atom is -0.378 e. The van der Waals surface area contributed by atoms with Gasteiger partial charge in [0.2, 0.25) is 17.6 Å². The molecule has 138 valence electrons. The molecule has 2 aliphatic rings. The van der Waals surface area contributed by atoms with Crippen LogP contribution in [-0.4, -0.2) is 65.6 Å². The molecule has 9 nitrogen and oxygen atoms in total. The van der Waals surface area contributed by atoms with Gasteiger partial charge in [-0.1, -0.05) is 19.8 Å². The fourth-order valence-corrected chi connectivity index (χ4v) is 3.53. The molecule has 0 unspecified atom stereocenters. The number of anilines is 3. The van der Waals surface area contributed by atoms with Crippen molar-refractivity contribution in [2.24, 2.45) is 0 Å². The summed E-state index contributed by atoms with van der Waals surface area (Å²) in [5.74, 6) is 0.859. The van der Waals surface area contributed by atoms with Crippen molar-refractivity contribution < 1.29 is 4.92 Å². The van der Waals surface area contributed by atoms with E-state index in [2.05, 4.69) is 26.7 Å². The monoisotopic (exact) mass is 349 g/mol. The van der Waals surface area contributed by atoms with Crippen LogP contribution < -0.4 is 15.5 Å². The normalized spacial score (nSPS) is 19.7. The Morgan fingerprint density at radius 2 is 1.64 bits per heavy atom. The van der Waals surface area contributed by atoms with Crippen LogP contribution in [0.3, 0.4) is 0 Å². The number of nitro groups is 1. The van der Waals surface area contributed by atoms with Gasteiger partial charge in [0.15, 0.2) is 0 Å². The van der Waals surface area contributed by atoms with E-state index in [-0.39, 0.29) is 11.5 Å². The molecule has 2 fully saturated rings. The van der Waals surface area contributed by atoms with Crippen LogP contribution in [0.5, 0.6) is 0 Å². The quantitative estimate of drug-likeness (QED) is 0.644. The molecule has 1 aromatic heterocycles. The van der Waals surface area contributed by atoms with Crippen molar-refractivity contribution in [3.05, 3.63) is 10.1 Å². The minimum absolute atomic E-state index is 0.0350. The van der Waals surface area contributed by atoms with Gasteiger partial charge in [-0.15, -0.1) is 0 Å². The molecule has 9 heteroatoms. The largest absolute Gasteiger partial charge is 0.378 e. The third kappa shape index (κ3) is 3.92. The number of hydrogen-bond donors (Lipinski definition) is 1. The Kier molecular flexibility index (Phi) is 5.52. The molecule has 0 bridgehead atoms. The third-order valence-corrected chi connectivity index (χ3v) is 5.07. The van der Waals surface area contributed by atoms with Gasteiger partial charge in [0.05, 0.1) is 4.92 Å². The van der Waals surface area contributed by atoms with Crippen molar-refractivity contribution in [1.82, 2.24) is 14.9 Å². The standard InChI is InChI=1S/C16H27N7O2/c1-2-20-9-11-22(12-10-20)16-18-14(17)13(23(24)25)15(19-16)21-7-5-3-4-6-8-21/h2-12H2,1H3,(H2,17,18,19). The molecule has 0 radical (unpaired) electrons. The zero-order valence-electron chi connectivity index (χ0n) is 14.9. The van der Waals surface area contributed by atoms with Gasteiger partial charge < -0.3 is 20.4 Å². The highest BCUT2D eigenvalue weighted by Gasteiger charge is 2.29. The van der Waals surface area contributed by atoms with E-state index in [1.165, 1.54) is 0 Å². The third-order valence-electron chi connectivity index (χ3n) is 5.07. The molecule has 25 heavy (non-hydrogen) atoms. The van der Waals surface area contributed by atoms with Crippen molar-refractivity contribution in [1.29, 1.82) is 0 Å². The first-order chi connectivity index (χ1) is 12.1. The Labute approximate surface area is 148 Å². The van der Waals surface area contributed by atoms with Gasteiger partial charge in [-0.3, -0.25) is 10.1 Å². The topological polar surface area (TPSA) is 105 Å². The predicted molar refractivity (Wildman–Crippen MR) is 98.1 cm³/mol. The van der Waals surface area contributed by atoms with Gasteiger partial charge in [0, 0.05) is 39.3 Å². The van der Waals surface area contributed by atoms with Crippen molar-refractivity contribution in [3.63, 3.8) is 0 Å². The number of nitrogens with two attached hydrogens (primary N) is 1. The highest BCUT2D eigenvalue weighted by atomic mass is 16.6. The van der Waals surface area contributed by atoms with E-state index in [0.29, 0.717) is 11.8 Å². The summed E-state index contributed by atoms with van der Waals surface area (Å²) in [6.45, 7) is 8.23. The van der Waals surface area contributed by atoms with E-state index < -0.39 is 4.92 Å². The van der Waals surface area contributed by atoms with Crippen LogP contribution in [0.15, 0.2) is 0 Å². The molecule has 2 N–H and O–H groups in total. The van der Waals surface area contributed by atoms with E-state index >= 15 is 0 Å². The van der Waals surface area contributed by atoms with Crippen LogP contribution in [-0.2, 0) is 0 Å². The molecule has 0 atom stereocenters. The lowest BCUT2D eigenvalue weighted by molar-refractivity contribution is -0.383. The molecule has 1 aromatic rings. The number of likely N-dealkylation sites (N-methyl/N-ethyl adjacent to an activating group) is 1. The molecule has 2 saturated heterocycles. The van der Waals surface area contributed by atoms with E-state index in [4.69, 9.17) is 5.73 Å². The number of nitrogen functional groups attached to an aromatic ring is 1. The molecule has 0 saturated carbocycles. The Bertz CT molecular complexity index is 609. The second-order valence-electron chi connectivity index (χ2n) is 6.66. The number of rotatable bonds is 4. The van der Waals surface area contributed by atoms with Crippen molar-refractivity contribution in [2.75, 3.05) is 61.3 Å². The second kappa shape index (κ2) is 7.81. The first-order valence-electron chi connectivity index (χ1n) is 9.14. The second-order valence-corrected chi connectivity index (χ2v) is 6.66. The molecular weight excluding hydrogens is 322 g/mol. The average Bonchev–Trinajstić information content (AvgIpc) is 2.90. The smallest absolute Gasteiger partial charge is 0.353 e. The number of nitrogens with zero attached hydrogens (tertiary/aromatic N) is 6. The summed E-state index contributed by atoms with van der Waals surface area (Å²) in [7, 11) is 0. The Morgan fingerprint density at radius 3 is 2.20 bits per heavy atom. The lowest BCUT2D eigenvalue weighted by Gasteiger charge is -2.34. The van der Waals surface area contributed by atoms with Crippen LogP contribution >= 0.6 is 0 Å². The van der Waals surface area contributed by atoms with Gasteiger partial charge in [-0.25, -0.2) is 0 Å². The molecule has 2 aliphatic heterocycles. The van der Waals surface area contributed by atoms with Crippen LogP contribution in [0.1, 0.15) is 32.6 Å². The Hall–Kier alpha value is -2.16. The summed E-state index contributed by atoms with van der Waals surface area (Å²) < 4.78 is 0. The molecule has 0 aliphatic carbocycles. The molecular formula is C16H27N7O2. The maximum Gasteiger partial charge on any atom is 0.353 e. The van der Waals surface area contributed by atoms with Gasteiger partial charge in [0.25, 0.3) is 0 Å².